The highest BCUT2D eigenvalue weighted by Crippen LogP contribution is 2.37. The van der Waals surface area contributed by atoms with Crippen LogP contribution < -0.4 is 4.90 Å². The third-order valence-corrected chi connectivity index (χ3v) is 4.72. The molecule has 9 nitrogen and oxygen atoms in total. The Morgan fingerprint density at radius 3 is 2.68 bits per heavy atom. The Labute approximate surface area is 169 Å². The van der Waals surface area contributed by atoms with Crippen molar-refractivity contribution in [3.63, 3.8) is 0 Å². The van der Waals surface area contributed by atoms with Crippen molar-refractivity contribution >= 4 is 33.4 Å². The predicted molar refractivity (Wildman–Crippen MR) is 101 cm³/mol. The molecule has 0 bridgehead atoms. The molecule has 1 saturated heterocycles. The van der Waals surface area contributed by atoms with Gasteiger partial charge in [-0.3, -0.25) is 15.0 Å². The number of aliphatic hydroxyl groups excluding tert-OH is 1. The van der Waals surface area contributed by atoms with Crippen molar-refractivity contribution in [1.29, 1.82) is 5.26 Å². The van der Waals surface area contributed by atoms with Crippen LogP contribution in [0.4, 0.5) is 20.6 Å². The van der Waals surface area contributed by atoms with E-state index in [1.165, 1.54) is 15.9 Å². The maximum absolute atomic E-state index is 14.9. The van der Waals surface area contributed by atoms with Crippen LogP contribution in [0.25, 0.3) is 0 Å². The third-order valence-electron chi connectivity index (χ3n) is 4.12. The molecule has 0 aromatic heterocycles. The van der Waals surface area contributed by atoms with Gasteiger partial charge < -0.3 is 14.7 Å². The molecule has 0 spiro atoms. The number of piperazine rings is 1. The van der Waals surface area contributed by atoms with E-state index < -0.39 is 39.7 Å². The number of rotatable bonds is 3. The van der Waals surface area contributed by atoms with Gasteiger partial charge in [0.05, 0.1) is 27.7 Å². The molecule has 11 heteroatoms. The van der Waals surface area contributed by atoms with E-state index in [1.54, 1.807) is 20.8 Å². The van der Waals surface area contributed by atoms with Crippen LogP contribution in [0, 0.1) is 27.3 Å². The van der Waals surface area contributed by atoms with E-state index in [-0.39, 0.29) is 36.4 Å². The molecule has 1 N–H and O–H groups in total. The van der Waals surface area contributed by atoms with E-state index in [1.807, 2.05) is 0 Å². The first kappa shape index (κ1) is 21.8. The number of amides is 1. The second-order valence-electron chi connectivity index (χ2n) is 7.24. The van der Waals surface area contributed by atoms with Crippen LogP contribution in [0.3, 0.4) is 0 Å². The van der Waals surface area contributed by atoms with E-state index in [9.17, 15) is 24.4 Å². The molecule has 1 aromatic rings. The van der Waals surface area contributed by atoms with Crippen molar-refractivity contribution in [1.82, 2.24) is 4.90 Å². The summed E-state index contributed by atoms with van der Waals surface area (Å²) in [5.74, 6) is -1.02. The van der Waals surface area contributed by atoms with Gasteiger partial charge in [0.2, 0.25) is 0 Å². The van der Waals surface area contributed by atoms with Crippen molar-refractivity contribution in [3.05, 3.63) is 32.0 Å². The normalized spacial score (nSPS) is 17.2. The van der Waals surface area contributed by atoms with E-state index in [0.717, 1.165) is 6.07 Å². The first-order valence-corrected chi connectivity index (χ1v) is 9.21. The number of hydrogen-bond donors (Lipinski definition) is 1. The summed E-state index contributed by atoms with van der Waals surface area (Å²) in [6.45, 7) is 5.19. The molecule has 1 aliphatic heterocycles. The minimum absolute atomic E-state index is 0.0237. The summed E-state index contributed by atoms with van der Waals surface area (Å²) in [6, 6.07) is 1.94. The molecule has 1 heterocycles. The molecule has 152 valence electrons. The predicted octanol–water partition coefficient (Wildman–Crippen LogP) is 2.79. The van der Waals surface area contributed by atoms with Gasteiger partial charge in [-0.05, 0) is 36.7 Å². The number of carbonyl (C=O) groups excluding carboxylic acids is 1. The second-order valence-corrected chi connectivity index (χ2v) is 8.09. The Kier molecular flexibility index (Phi) is 6.46. The number of nitro groups is 1. The van der Waals surface area contributed by atoms with Crippen molar-refractivity contribution in [2.24, 2.45) is 0 Å². The number of nitro benzene ring substituents is 1. The molecule has 1 atom stereocenters. The number of nitriles is 1. The molecule has 0 aliphatic carbocycles. The maximum Gasteiger partial charge on any atom is 0.410 e. The quantitative estimate of drug-likeness (QED) is 0.545. The maximum atomic E-state index is 14.9. The zero-order valence-corrected chi connectivity index (χ0v) is 17.2. The van der Waals surface area contributed by atoms with Gasteiger partial charge in [0.15, 0.2) is 11.4 Å². The lowest BCUT2D eigenvalue weighted by molar-refractivity contribution is -0.385. The fraction of sp³-hybridized carbons (Fsp3) is 0.529. The van der Waals surface area contributed by atoms with E-state index in [0.29, 0.717) is 0 Å². The van der Waals surface area contributed by atoms with Gasteiger partial charge in [-0.2, -0.15) is 5.26 Å². The standard InChI is InChI=1S/C17H20BrFN4O5/c1-17(2,3)28-16(25)22-5-4-21(8-10(22)9-24)15-12(18)6-13(23(26)27)11(7-20)14(15)19/h6,10,24H,4-5,8-9H2,1-3H3. The molecule has 1 amide bonds. The number of hydrogen-bond acceptors (Lipinski definition) is 7. The van der Waals surface area contributed by atoms with Gasteiger partial charge in [-0.1, -0.05) is 0 Å². The van der Waals surface area contributed by atoms with Gasteiger partial charge in [0, 0.05) is 25.7 Å². The molecule has 1 fully saturated rings. The van der Waals surface area contributed by atoms with Crippen molar-refractivity contribution < 1.29 is 24.0 Å². The van der Waals surface area contributed by atoms with Crippen LogP contribution in [-0.2, 0) is 4.74 Å². The van der Waals surface area contributed by atoms with E-state index in [4.69, 9.17) is 10.00 Å². The molecule has 28 heavy (non-hydrogen) atoms. The fourth-order valence-corrected chi connectivity index (χ4v) is 3.55. The number of aliphatic hydroxyl groups is 1. The number of nitrogens with zero attached hydrogens (tertiary/aromatic N) is 4. The monoisotopic (exact) mass is 458 g/mol. The number of anilines is 1. The molecule has 2 rings (SSSR count). The molecule has 0 radical (unpaired) electrons. The highest BCUT2D eigenvalue weighted by Gasteiger charge is 2.36. The summed E-state index contributed by atoms with van der Waals surface area (Å²) in [6.07, 6.45) is -0.591. The van der Waals surface area contributed by atoms with Crippen LogP contribution in [0.15, 0.2) is 10.5 Å². The van der Waals surface area contributed by atoms with Crippen molar-refractivity contribution in [2.75, 3.05) is 31.1 Å². The number of benzene rings is 1. The largest absolute Gasteiger partial charge is 0.444 e. The Balaban J connectivity index is 2.34. The summed E-state index contributed by atoms with van der Waals surface area (Å²) in [4.78, 5) is 25.5. The van der Waals surface area contributed by atoms with Crippen LogP contribution in [0.2, 0.25) is 0 Å². The molecule has 1 unspecified atom stereocenters. The zero-order chi connectivity index (χ0) is 21.2. The van der Waals surface area contributed by atoms with E-state index >= 15 is 0 Å². The Hall–Kier alpha value is -2.45. The number of halogens is 2. The average molecular weight is 459 g/mol. The Morgan fingerprint density at radius 1 is 1.54 bits per heavy atom. The summed E-state index contributed by atoms with van der Waals surface area (Å²) in [5.41, 5.74) is -2.03. The van der Waals surface area contributed by atoms with Crippen LogP contribution in [0.1, 0.15) is 26.3 Å². The molecular formula is C17H20BrFN4O5. The summed E-state index contributed by atoms with van der Waals surface area (Å²) in [5, 5.41) is 29.9. The van der Waals surface area contributed by atoms with Crippen LogP contribution in [-0.4, -0.2) is 58.9 Å². The molecule has 1 aromatic carbocycles. The lowest BCUT2D eigenvalue weighted by atomic mass is 10.1. The molecular weight excluding hydrogens is 439 g/mol. The first-order valence-electron chi connectivity index (χ1n) is 8.42. The highest BCUT2D eigenvalue weighted by atomic mass is 79.9. The first-order chi connectivity index (χ1) is 13.0. The fourth-order valence-electron chi connectivity index (χ4n) is 2.91. The molecule has 0 saturated carbocycles. The van der Waals surface area contributed by atoms with Gasteiger partial charge >= 0.3 is 6.09 Å². The lowest BCUT2D eigenvalue weighted by Gasteiger charge is -2.42. The van der Waals surface area contributed by atoms with Gasteiger partial charge in [0.1, 0.15) is 11.7 Å². The summed E-state index contributed by atoms with van der Waals surface area (Å²) >= 11 is 3.13. The number of carbonyl (C=O) groups is 1. The number of ether oxygens (including phenoxy) is 1. The van der Waals surface area contributed by atoms with Gasteiger partial charge in [-0.15, -0.1) is 0 Å². The minimum Gasteiger partial charge on any atom is -0.444 e. The summed E-state index contributed by atoms with van der Waals surface area (Å²) in [7, 11) is 0. The second kappa shape index (κ2) is 8.28. The zero-order valence-electron chi connectivity index (χ0n) is 15.6. The highest BCUT2D eigenvalue weighted by molar-refractivity contribution is 9.10. The SMILES string of the molecule is CC(C)(C)OC(=O)N1CCN(c2c(Br)cc([N+](=O)[O-])c(C#N)c2F)CC1CO. The van der Waals surface area contributed by atoms with Crippen LogP contribution in [0.5, 0.6) is 0 Å². The Morgan fingerprint density at radius 2 is 2.18 bits per heavy atom. The minimum atomic E-state index is -1.02. The van der Waals surface area contributed by atoms with Gasteiger partial charge in [-0.25, -0.2) is 9.18 Å². The average Bonchev–Trinajstić information content (AvgIpc) is 2.59. The van der Waals surface area contributed by atoms with Gasteiger partial charge in [0.25, 0.3) is 5.69 Å². The van der Waals surface area contributed by atoms with Crippen LogP contribution >= 0.6 is 15.9 Å². The van der Waals surface area contributed by atoms with Crippen molar-refractivity contribution in [2.45, 2.75) is 32.4 Å². The van der Waals surface area contributed by atoms with E-state index in [2.05, 4.69) is 15.9 Å². The summed E-state index contributed by atoms with van der Waals surface area (Å²) < 4.78 is 20.3. The topological polar surface area (TPSA) is 120 Å². The lowest BCUT2D eigenvalue weighted by Crippen LogP contribution is -2.57. The molecule has 1 aliphatic rings. The Bertz CT molecular complexity index is 836. The smallest absolute Gasteiger partial charge is 0.410 e. The van der Waals surface area contributed by atoms with Crippen molar-refractivity contribution in [3.8, 4) is 6.07 Å². The third kappa shape index (κ3) is 4.51.